The van der Waals surface area contributed by atoms with Crippen LogP contribution in [0, 0.1) is 0 Å². The summed E-state index contributed by atoms with van der Waals surface area (Å²) in [6.45, 7) is 10.1. The molecule has 0 heterocycles. The number of nitrogens with one attached hydrogen (secondary N) is 1. The summed E-state index contributed by atoms with van der Waals surface area (Å²) in [5.41, 5.74) is 2.11. The Labute approximate surface area is 222 Å². The van der Waals surface area contributed by atoms with Crippen LogP contribution in [0.4, 0.5) is 5.69 Å². The third kappa shape index (κ3) is 8.77. The zero-order valence-electron chi connectivity index (χ0n) is 23.1. The quantitative estimate of drug-likeness (QED) is 0.416. The van der Waals surface area contributed by atoms with Gasteiger partial charge in [0.2, 0.25) is 21.8 Å². The molecule has 0 unspecified atom stereocenters. The van der Waals surface area contributed by atoms with Crippen LogP contribution in [0.1, 0.15) is 58.6 Å². The van der Waals surface area contributed by atoms with Gasteiger partial charge in [-0.15, -0.1) is 0 Å². The van der Waals surface area contributed by atoms with E-state index in [0.29, 0.717) is 18.0 Å². The summed E-state index contributed by atoms with van der Waals surface area (Å²) in [6, 6.07) is 13.6. The Morgan fingerprint density at radius 2 is 1.73 bits per heavy atom. The van der Waals surface area contributed by atoms with Crippen LogP contribution in [0.25, 0.3) is 0 Å². The fourth-order valence-electron chi connectivity index (χ4n) is 3.83. The highest BCUT2D eigenvalue weighted by molar-refractivity contribution is 7.92. The van der Waals surface area contributed by atoms with Gasteiger partial charge in [-0.2, -0.15) is 0 Å². The third-order valence-corrected chi connectivity index (χ3v) is 7.33. The Balaban J connectivity index is 2.38. The zero-order chi connectivity index (χ0) is 27.8. The molecule has 1 atom stereocenters. The number of carbonyl (C=O) groups is 2. The van der Waals surface area contributed by atoms with Crippen molar-refractivity contribution in [3.63, 3.8) is 0 Å². The Hall–Kier alpha value is -3.07. The second kappa shape index (κ2) is 12.9. The largest absolute Gasteiger partial charge is 0.497 e. The maximum Gasteiger partial charge on any atom is 0.244 e. The van der Waals surface area contributed by atoms with E-state index in [1.807, 2.05) is 31.2 Å². The SMILES string of the molecule is CCCCNC(=O)[C@H](C)N(Cc1cccc(OC)c1)C(=O)CN(c1ccc(C(C)(C)C)cc1)S(C)(=O)=O. The van der Waals surface area contributed by atoms with Crippen molar-refractivity contribution in [2.75, 3.05) is 30.8 Å². The molecule has 0 bridgehead atoms. The van der Waals surface area contributed by atoms with E-state index < -0.39 is 28.5 Å². The number of carbonyl (C=O) groups excluding carboxylic acids is 2. The molecule has 8 nitrogen and oxygen atoms in total. The summed E-state index contributed by atoms with van der Waals surface area (Å²) < 4.78 is 31.9. The predicted octanol–water partition coefficient (Wildman–Crippen LogP) is 4.09. The lowest BCUT2D eigenvalue weighted by Gasteiger charge is -2.31. The summed E-state index contributed by atoms with van der Waals surface area (Å²) in [4.78, 5) is 28.0. The van der Waals surface area contributed by atoms with E-state index in [9.17, 15) is 18.0 Å². The van der Waals surface area contributed by atoms with Crippen LogP contribution in [0.5, 0.6) is 5.75 Å². The minimum Gasteiger partial charge on any atom is -0.497 e. The van der Waals surface area contributed by atoms with Crippen LogP contribution in [0.2, 0.25) is 0 Å². The number of amides is 2. The highest BCUT2D eigenvalue weighted by Crippen LogP contribution is 2.26. The summed E-state index contributed by atoms with van der Waals surface area (Å²) in [5.74, 6) is -0.141. The number of nitrogens with zero attached hydrogens (tertiary/aromatic N) is 2. The Kier molecular flexibility index (Phi) is 10.5. The third-order valence-electron chi connectivity index (χ3n) is 6.18. The number of hydrogen-bond acceptors (Lipinski definition) is 5. The van der Waals surface area contributed by atoms with Crippen LogP contribution >= 0.6 is 0 Å². The number of anilines is 1. The van der Waals surface area contributed by atoms with Crippen molar-refractivity contribution in [2.24, 2.45) is 0 Å². The van der Waals surface area contributed by atoms with Crippen molar-refractivity contribution in [2.45, 2.75) is 65.5 Å². The van der Waals surface area contributed by atoms with Crippen molar-refractivity contribution in [1.82, 2.24) is 10.2 Å². The topological polar surface area (TPSA) is 96.0 Å². The normalized spacial score (nSPS) is 12.5. The van der Waals surface area contributed by atoms with E-state index in [-0.39, 0.29) is 17.9 Å². The second-order valence-electron chi connectivity index (χ2n) is 10.3. The maximum absolute atomic E-state index is 13.6. The zero-order valence-corrected chi connectivity index (χ0v) is 23.9. The molecule has 2 amide bonds. The number of benzene rings is 2. The first-order valence-electron chi connectivity index (χ1n) is 12.6. The summed E-state index contributed by atoms with van der Waals surface area (Å²) in [6.07, 6.45) is 2.83. The molecule has 0 saturated heterocycles. The van der Waals surface area contributed by atoms with Gasteiger partial charge in [0.25, 0.3) is 0 Å². The first kappa shape index (κ1) is 30.2. The molecule has 2 aromatic carbocycles. The number of methoxy groups -OCH3 is 1. The lowest BCUT2D eigenvalue weighted by molar-refractivity contribution is -0.139. The van der Waals surface area contributed by atoms with Gasteiger partial charge in [-0.3, -0.25) is 13.9 Å². The Morgan fingerprint density at radius 1 is 1.08 bits per heavy atom. The lowest BCUT2D eigenvalue weighted by Crippen LogP contribution is -2.51. The van der Waals surface area contributed by atoms with Gasteiger partial charge >= 0.3 is 0 Å². The molecule has 204 valence electrons. The van der Waals surface area contributed by atoms with E-state index >= 15 is 0 Å². The van der Waals surface area contributed by atoms with Crippen LogP contribution in [0.3, 0.4) is 0 Å². The van der Waals surface area contributed by atoms with Gasteiger partial charge < -0.3 is 15.0 Å². The molecule has 0 spiro atoms. The molecule has 0 aromatic heterocycles. The molecule has 0 radical (unpaired) electrons. The number of rotatable bonds is 12. The van der Waals surface area contributed by atoms with Crippen molar-refractivity contribution in [3.05, 3.63) is 59.7 Å². The molecule has 2 rings (SSSR count). The molecular weight excluding hydrogens is 490 g/mol. The molecule has 0 aliphatic rings. The fraction of sp³-hybridized carbons (Fsp3) is 0.500. The van der Waals surface area contributed by atoms with Gasteiger partial charge in [-0.1, -0.05) is 58.4 Å². The van der Waals surface area contributed by atoms with Crippen LogP contribution in [-0.2, 0) is 31.6 Å². The van der Waals surface area contributed by atoms with Gasteiger partial charge in [0.15, 0.2) is 0 Å². The van der Waals surface area contributed by atoms with E-state index in [2.05, 4.69) is 26.1 Å². The maximum atomic E-state index is 13.6. The van der Waals surface area contributed by atoms with Gasteiger partial charge in [0, 0.05) is 13.1 Å². The Bertz CT molecular complexity index is 1160. The number of hydrogen-bond donors (Lipinski definition) is 1. The highest BCUT2D eigenvalue weighted by atomic mass is 32.2. The minimum atomic E-state index is -3.78. The van der Waals surface area contributed by atoms with Gasteiger partial charge in [-0.25, -0.2) is 8.42 Å². The summed E-state index contributed by atoms with van der Waals surface area (Å²) >= 11 is 0. The van der Waals surface area contributed by atoms with Crippen molar-refractivity contribution in [1.29, 1.82) is 0 Å². The number of ether oxygens (including phenoxy) is 1. The van der Waals surface area contributed by atoms with Crippen molar-refractivity contribution < 1.29 is 22.7 Å². The fourth-order valence-corrected chi connectivity index (χ4v) is 4.68. The first-order valence-corrected chi connectivity index (χ1v) is 14.4. The van der Waals surface area contributed by atoms with E-state index in [1.54, 1.807) is 38.3 Å². The van der Waals surface area contributed by atoms with E-state index in [0.717, 1.165) is 34.5 Å². The number of unbranched alkanes of at least 4 members (excludes halogenated alkanes) is 1. The average Bonchev–Trinajstić information content (AvgIpc) is 2.84. The summed E-state index contributed by atoms with van der Waals surface area (Å²) in [5, 5.41) is 2.87. The standard InChI is InChI=1S/C28H41N3O5S/c1-8-9-17-29-27(33)21(2)30(19-22-11-10-12-25(18-22)36-6)26(32)20-31(37(7,34)35)24-15-13-23(14-16-24)28(3,4)5/h10-16,18,21H,8-9,17,19-20H2,1-7H3,(H,29,33)/t21-/m0/s1. The van der Waals surface area contributed by atoms with Crippen LogP contribution in [0.15, 0.2) is 48.5 Å². The Morgan fingerprint density at radius 3 is 2.27 bits per heavy atom. The lowest BCUT2D eigenvalue weighted by atomic mass is 9.87. The second-order valence-corrected chi connectivity index (χ2v) is 12.2. The average molecular weight is 532 g/mol. The van der Waals surface area contributed by atoms with Crippen molar-refractivity contribution in [3.8, 4) is 5.75 Å². The van der Waals surface area contributed by atoms with E-state index in [1.165, 1.54) is 4.90 Å². The monoisotopic (exact) mass is 531 g/mol. The molecular formula is C28H41N3O5S. The minimum absolute atomic E-state index is 0.0988. The number of sulfonamides is 1. The molecule has 1 N–H and O–H groups in total. The van der Waals surface area contributed by atoms with Crippen LogP contribution < -0.4 is 14.4 Å². The highest BCUT2D eigenvalue weighted by Gasteiger charge is 2.30. The van der Waals surface area contributed by atoms with Gasteiger partial charge in [0.1, 0.15) is 18.3 Å². The summed E-state index contributed by atoms with van der Waals surface area (Å²) in [7, 11) is -2.22. The molecule has 0 fully saturated rings. The first-order chi connectivity index (χ1) is 17.3. The molecule has 0 saturated carbocycles. The molecule has 37 heavy (non-hydrogen) atoms. The van der Waals surface area contributed by atoms with E-state index in [4.69, 9.17) is 4.74 Å². The molecule has 2 aromatic rings. The van der Waals surface area contributed by atoms with Gasteiger partial charge in [-0.05, 0) is 54.2 Å². The predicted molar refractivity (Wildman–Crippen MR) is 148 cm³/mol. The molecule has 0 aliphatic carbocycles. The molecule has 0 aliphatic heterocycles. The van der Waals surface area contributed by atoms with Crippen LogP contribution in [-0.4, -0.2) is 57.6 Å². The van der Waals surface area contributed by atoms with Gasteiger partial charge in [0.05, 0.1) is 19.1 Å². The van der Waals surface area contributed by atoms with Crippen molar-refractivity contribution >= 4 is 27.5 Å². The smallest absolute Gasteiger partial charge is 0.244 e. The molecule has 9 heteroatoms.